The number of hydrogen-bond acceptors (Lipinski definition) is 4. The van der Waals surface area contributed by atoms with E-state index in [4.69, 9.17) is 4.99 Å². The van der Waals surface area contributed by atoms with E-state index in [0.29, 0.717) is 36.7 Å². The molecule has 0 aliphatic carbocycles. The molecule has 33 heavy (non-hydrogen) atoms. The predicted molar refractivity (Wildman–Crippen MR) is 128 cm³/mol. The van der Waals surface area contributed by atoms with Gasteiger partial charge in [0.2, 0.25) is 0 Å². The van der Waals surface area contributed by atoms with Crippen LogP contribution in [0.5, 0.6) is 0 Å². The van der Waals surface area contributed by atoms with Crippen LogP contribution >= 0.6 is 0 Å². The molecule has 2 amide bonds. The van der Waals surface area contributed by atoms with E-state index in [0.717, 1.165) is 22.6 Å². The van der Waals surface area contributed by atoms with Crippen molar-refractivity contribution in [3.05, 3.63) is 82.7 Å². The van der Waals surface area contributed by atoms with Crippen molar-refractivity contribution in [2.24, 2.45) is 4.99 Å². The molecule has 1 aliphatic heterocycles. The fourth-order valence-electron chi connectivity index (χ4n) is 3.96. The van der Waals surface area contributed by atoms with Crippen LogP contribution in [0, 0.1) is 13.8 Å². The molecule has 2 N–H and O–H groups in total. The number of hydrogen-bond donors (Lipinski definition) is 2. The standard InChI is InChI=1S/C25H28N6O2/c1-4-26-25(27-13-14-30-23(32)20-10-6-7-11-21(20)24(30)33)28-16-19-9-5-8-12-22(19)31-18(3)15-17(2)29-31/h5-12,15H,4,13-14,16H2,1-3H3,(H2,26,27,28). The van der Waals surface area contributed by atoms with Crippen molar-refractivity contribution >= 4 is 17.8 Å². The maximum atomic E-state index is 12.5. The molecule has 3 aromatic rings. The molecule has 0 unspecified atom stereocenters. The van der Waals surface area contributed by atoms with Gasteiger partial charge in [-0.25, -0.2) is 9.67 Å². The van der Waals surface area contributed by atoms with Crippen LogP contribution in [-0.2, 0) is 6.54 Å². The number of aryl methyl sites for hydroxylation is 2. The van der Waals surface area contributed by atoms with Crippen molar-refractivity contribution in [3.8, 4) is 5.69 Å². The highest BCUT2D eigenvalue weighted by molar-refractivity contribution is 6.21. The molecule has 0 bridgehead atoms. The fourth-order valence-corrected chi connectivity index (χ4v) is 3.96. The Morgan fingerprint density at radius 1 is 0.970 bits per heavy atom. The number of fused-ring (bicyclic) bond motifs is 1. The molecule has 0 radical (unpaired) electrons. The summed E-state index contributed by atoms with van der Waals surface area (Å²) in [5.41, 5.74) is 4.99. The summed E-state index contributed by atoms with van der Waals surface area (Å²) in [5, 5.41) is 11.0. The molecule has 8 heteroatoms. The number of amides is 2. The van der Waals surface area contributed by atoms with Crippen LogP contribution in [0.1, 0.15) is 44.6 Å². The van der Waals surface area contributed by atoms with E-state index >= 15 is 0 Å². The molecule has 2 aromatic carbocycles. The number of rotatable bonds is 7. The Morgan fingerprint density at radius 3 is 2.27 bits per heavy atom. The Balaban J connectivity index is 1.43. The van der Waals surface area contributed by atoms with Crippen molar-refractivity contribution in [1.82, 2.24) is 25.3 Å². The van der Waals surface area contributed by atoms with Crippen LogP contribution in [0.25, 0.3) is 5.69 Å². The second kappa shape index (κ2) is 9.68. The average molecular weight is 445 g/mol. The lowest BCUT2D eigenvalue weighted by Gasteiger charge is -2.16. The van der Waals surface area contributed by atoms with E-state index in [2.05, 4.69) is 15.7 Å². The number of nitrogens with zero attached hydrogens (tertiary/aromatic N) is 4. The third-order valence-electron chi connectivity index (χ3n) is 5.49. The van der Waals surface area contributed by atoms with Gasteiger partial charge in [-0.1, -0.05) is 30.3 Å². The molecular formula is C25H28N6O2. The van der Waals surface area contributed by atoms with Gasteiger partial charge in [0.15, 0.2) is 5.96 Å². The smallest absolute Gasteiger partial charge is 0.261 e. The summed E-state index contributed by atoms with van der Waals surface area (Å²) in [5.74, 6) is 0.119. The summed E-state index contributed by atoms with van der Waals surface area (Å²) in [6.07, 6.45) is 0. The fraction of sp³-hybridized carbons (Fsp3) is 0.280. The van der Waals surface area contributed by atoms with Crippen molar-refractivity contribution in [2.45, 2.75) is 27.3 Å². The van der Waals surface area contributed by atoms with Crippen LogP contribution in [0.4, 0.5) is 0 Å². The Labute approximate surface area is 193 Å². The molecular weight excluding hydrogens is 416 g/mol. The number of para-hydroxylation sites is 1. The topological polar surface area (TPSA) is 91.6 Å². The maximum Gasteiger partial charge on any atom is 0.261 e. The molecule has 1 aliphatic rings. The zero-order chi connectivity index (χ0) is 23.4. The Kier molecular flexibility index (Phi) is 6.53. The molecule has 2 heterocycles. The van der Waals surface area contributed by atoms with Gasteiger partial charge in [-0.05, 0) is 50.6 Å². The minimum Gasteiger partial charge on any atom is -0.357 e. The summed E-state index contributed by atoms with van der Waals surface area (Å²) in [4.78, 5) is 31.1. The normalized spacial score (nSPS) is 13.4. The Bertz CT molecular complexity index is 1180. The quantitative estimate of drug-likeness (QED) is 0.332. The molecule has 0 saturated heterocycles. The van der Waals surface area contributed by atoms with E-state index < -0.39 is 0 Å². The highest BCUT2D eigenvalue weighted by Crippen LogP contribution is 2.22. The minimum atomic E-state index is -0.252. The molecule has 0 saturated carbocycles. The van der Waals surface area contributed by atoms with Crippen molar-refractivity contribution < 1.29 is 9.59 Å². The van der Waals surface area contributed by atoms with E-state index in [1.54, 1.807) is 24.3 Å². The predicted octanol–water partition coefficient (Wildman–Crippen LogP) is 2.84. The lowest BCUT2D eigenvalue weighted by atomic mass is 10.1. The summed E-state index contributed by atoms with van der Waals surface area (Å²) < 4.78 is 1.93. The number of nitrogens with one attached hydrogen (secondary N) is 2. The number of carbonyl (C=O) groups is 2. The van der Waals surface area contributed by atoms with Crippen molar-refractivity contribution in [3.63, 3.8) is 0 Å². The monoisotopic (exact) mass is 444 g/mol. The molecule has 0 spiro atoms. The van der Waals surface area contributed by atoms with Gasteiger partial charge in [0.25, 0.3) is 11.8 Å². The first-order valence-electron chi connectivity index (χ1n) is 11.1. The van der Waals surface area contributed by atoms with Gasteiger partial charge >= 0.3 is 0 Å². The molecule has 4 rings (SSSR count). The second-order valence-corrected chi connectivity index (χ2v) is 7.90. The average Bonchev–Trinajstić information content (AvgIpc) is 3.28. The van der Waals surface area contributed by atoms with E-state index in [1.807, 2.05) is 55.8 Å². The van der Waals surface area contributed by atoms with E-state index in [1.165, 1.54) is 4.90 Å². The van der Waals surface area contributed by atoms with Crippen LogP contribution in [0.3, 0.4) is 0 Å². The Morgan fingerprint density at radius 2 is 1.64 bits per heavy atom. The summed E-state index contributed by atoms with van der Waals surface area (Å²) in [6, 6.07) is 17.0. The molecule has 0 atom stereocenters. The minimum absolute atomic E-state index is 0.252. The van der Waals surface area contributed by atoms with Crippen LogP contribution < -0.4 is 10.6 Å². The summed E-state index contributed by atoms with van der Waals surface area (Å²) >= 11 is 0. The van der Waals surface area contributed by atoms with Gasteiger partial charge in [0.1, 0.15) is 0 Å². The second-order valence-electron chi connectivity index (χ2n) is 7.90. The lowest BCUT2D eigenvalue weighted by Crippen LogP contribution is -2.43. The molecule has 0 fully saturated rings. The number of aromatic nitrogens is 2. The highest BCUT2D eigenvalue weighted by Gasteiger charge is 2.34. The highest BCUT2D eigenvalue weighted by atomic mass is 16.2. The lowest BCUT2D eigenvalue weighted by molar-refractivity contribution is 0.0657. The number of imide groups is 1. The van der Waals surface area contributed by atoms with Gasteiger partial charge < -0.3 is 10.6 Å². The third-order valence-corrected chi connectivity index (χ3v) is 5.49. The first-order valence-corrected chi connectivity index (χ1v) is 11.1. The summed E-state index contributed by atoms with van der Waals surface area (Å²) in [7, 11) is 0. The van der Waals surface area contributed by atoms with Gasteiger partial charge in [-0.15, -0.1) is 0 Å². The largest absolute Gasteiger partial charge is 0.357 e. The first kappa shape index (κ1) is 22.3. The third kappa shape index (κ3) is 4.64. The van der Waals surface area contributed by atoms with Gasteiger partial charge in [0.05, 0.1) is 29.1 Å². The van der Waals surface area contributed by atoms with Crippen LogP contribution in [-0.4, -0.2) is 52.1 Å². The summed E-state index contributed by atoms with van der Waals surface area (Å²) in [6.45, 7) is 7.81. The molecule has 170 valence electrons. The first-order chi connectivity index (χ1) is 16.0. The van der Waals surface area contributed by atoms with Gasteiger partial charge in [-0.2, -0.15) is 5.10 Å². The van der Waals surface area contributed by atoms with Gasteiger partial charge in [-0.3, -0.25) is 14.5 Å². The van der Waals surface area contributed by atoms with E-state index in [9.17, 15) is 9.59 Å². The van der Waals surface area contributed by atoms with Crippen molar-refractivity contribution in [1.29, 1.82) is 0 Å². The zero-order valence-corrected chi connectivity index (χ0v) is 19.1. The molecule has 1 aromatic heterocycles. The Hall–Kier alpha value is -3.94. The molecule has 8 nitrogen and oxygen atoms in total. The number of guanidine groups is 1. The number of benzene rings is 2. The van der Waals surface area contributed by atoms with Crippen LogP contribution in [0.2, 0.25) is 0 Å². The van der Waals surface area contributed by atoms with Crippen molar-refractivity contribution in [2.75, 3.05) is 19.6 Å². The number of carbonyl (C=O) groups excluding carboxylic acids is 2. The maximum absolute atomic E-state index is 12.5. The van der Waals surface area contributed by atoms with E-state index in [-0.39, 0.29) is 18.4 Å². The van der Waals surface area contributed by atoms with Gasteiger partial charge in [0, 0.05) is 25.3 Å². The zero-order valence-electron chi connectivity index (χ0n) is 19.1. The number of aliphatic imine (C=N–C) groups is 1. The SMILES string of the molecule is CCNC(=NCc1ccccc1-n1nc(C)cc1C)NCCN1C(=O)c2ccccc2C1=O. The van der Waals surface area contributed by atoms with Crippen LogP contribution in [0.15, 0.2) is 59.6 Å².